The summed E-state index contributed by atoms with van der Waals surface area (Å²) in [6, 6.07) is 3.90. The summed E-state index contributed by atoms with van der Waals surface area (Å²) in [6.07, 6.45) is 3.42. The first-order valence-corrected chi connectivity index (χ1v) is 8.15. The SMILES string of the molecule is Cc1ccnc2c1/C(=N\N=C(N)N)CC(c1sccc1Cl)C2. The van der Waals surface area contributed by atoms with E-state index in [4.69, 9.17) is 23.1 Å². The van der Waals surface area contributed by atoms with Crippen LogP contribution in [-0.4, -0.2) is 16.7 Å². The average molecular weight is 334 g/mol. The van der Waals surface area contributed by atoms with E-state index >= 15 is 0 Å². The maximum absolute atomic E-state index is 6.29. The van der Waals surface area contributed by atoms with Gasteiger partial charge < -0.3 is 11.5 Å². The molecule has 0 fully saturated rings. The molecule has 1 aliphatic carbocycles. The highest BCUT2D eigenvalue weighted by Gasteiger charge is 2.29. The van der Waals surface area contributed by atoms with Crippen molar-refractivity contribution in [1.29, 1.82) is 0 Å². The predicted molar refractivity (Wildman–Crippen MR) is 91.7 cm³/mol. The average Bonchev–Trinajstić information content (AvgIpc) is 2.90. The lowest BCUT2D eigenvalue weighted by molar-refractivity contribution is 0.689. The number of halogens is 1. The molecular formula is C15H16ClN5S. The summed E-state index contributed by atoms with van der Waals surface area (Å²) in [5.74, 6) is 0.203. The lowest BCUT2D eigenvalue weighted by Crippen LogP contribution is -2.24. The fourth-order valence-electron chi connectivity index (χ4n) is 2.80. The Morgan fingerprint density at radius 2 is 2.18 bits per heavy atom. The van der Waals surface area contributed by atoms with Gasteiger partial charge in [0.1, 0.15) is 0 Å². The Morgan fingerprint density at radius 3 is 2.86 bits per heavy atom. The molecule has 1 atom stereocenters. The summed E-state index contributed by atoms with van der Waals surface area (Å²) < 4.78 is 0. The van der Waals surface area contributed by atoms with Gasteiger partial charge in [-0.15, -0.1) is 16.4 Å². The molecule has 0 saturated heterocycles. The van der Waals surface area contributed by atoms with Crippen molar-refractivity contribution in [3.05, 3.63) is 50.4 Å². The molecule has 0 aromatic carbocycles. The molecule has 4 N–H and O–H groups in total. The highest BCUT2D eigenvalue weighted by molar-refractivity contribution is 7.10. The first-order chi connectivity index (χ1) is 10.6. The van der Waals surface area contributed by atoms with E-state index < -0.39 is 0 Å². The van der Waals surface area contributed by atoms with Crippen LogP contribution >= 0.6 is 22.9 Å². The number of thiophene rings is 1. The minimum absolute atomic E-state index is 0.0492. The van der Waals surface area contributed by atoms with Gasteiger partial charge in [-0.25, -0.2) is 0 Å². The van der Waals surface area contributed by atoms with Crippen LogP contribution in [0.2, 0.25) is 5.02 Å². The summed E-state index contributed by atoms with van der Waals surface area (Å²) in [5, 5.41) is 10.9. The number of rotatable bonds is 2. The second-order valence-electron chi connectivity index (χ2n) is 5.26. The van der Waals surface area contributed by atoms with Crippen LogP contribution in [0.3, 0.4) is 0 Å². The third-order valence-electron chi connectivity index (χ3n) is 3.71. The highest BCUT2D eigenvalue weighted by Crippen LogP contribution is 2.39. The zero-order valence-electron chi connectivity index (χ0n) is 12.1. The Hall–Kier alpha value is -1.92. The molecule has 7 heteroatoms. The van der Waals surface area contributed by atoms with Crippen molar-refractivity contribution in [2.75, 3.05) is 0 Å². The third-order valence-corrected chi connectivity index (χ3v) is 5.23. The van der Waals surface area contributed by atoms with Gasteiger partial charge in [-0.1, -0.05) is 11.6 Å². The molecule has 3 rings (SSSR count). The number of aryl methyl sites for hydroxylation is 1. The maximum Gasteiger partial charge on any atom is 0.211 e. The third kappa shape index (κ3) is 2.84. The van der Waals surface area contributed by atoms with Crippen LogP contribution in [0.15, 0.2) is 33.9 Å². The van der Waals surface area contributed by atoms with Crippen molar-refractivity contribution in [2.45, 2.75) is 25.7 Å². The Morgan fingerprint density at radius 1 is 1.36 bits per heavy atom. The monoisotopic (exact) mass is 333 g/mol. The van der Waals surface area contributed by atoms with Gasteiger partial charge in [0.15, 0.2) is 0 Å². The molecule has 0 amide bonds. The van der Waals surface area contributed by atoms with Gasteiger partial charge in [0, 0.05) is 29.0 Å². The number of nitrogens with two attached hydrogens (primary N) is 2. The number of hydrogen-bond acceptors (Lipinski definition) is 4. The smallest absolute Gasteiger partial charge is 0.211 e. The van der Waals surface area contributed by atoms with Crippen molar-refractivity contribution in [2.24, 2.45) is 21.7 Å². The lowest BCUT2D eigenvalue weighted by atomic mass is 9.83. The number of pyridine rings is 1. The van der Waals surface area contributed by atoms with E-state index in [0.717, 1.165) is 45.3 Å². The van der Waals surface area contributed by atoms with Gasteiger partial charge in [-0.2, -0.15) is 5.10 Å². The number of aromatic nitrogens is 1. The molecule has 2 aromatic rings. The van der Waals surface area contributed by atoms with Crippen molar-refractivity contribution in [1.82, 2.24) is 4.98 Å². The molecule has 1 unspecified atom stereocenters. The van der Waals surface area contributed by atoms with E-state index in [1.165, 1.54) is 0 Å². The Balaban J connectivity index is 2.08. The number of guanidine groups is 1. The largest absolute Gasteiger partial charge is 0.369 e. The van der Waals surface area contributed by atoms with Crippen LogP contribution < -0.4 is 11.5 Å². The normalized spacial score (nSPS) is 19.0. The molecule has 0 aliphatic heterocycles. The molecule has 1 aliphatic rings. The molecule has 2 heterocycles. The summed E-state index contributed by atoms with van der Waals surface area (Å²) in [5.41, 5.74) is 14.9. The fourth-order valence-corrected chi connectivity index (χ4v) is 4.11. The van der Waals surface area contributed by atoms with Crippen LogP contribution in [0.1, 0.15) is 34.0 Å². The summed E-state index contributed by atoms with van der Waals surface area (Å²) in [6.45, 7) is 2.05. The zero-order valence-corrected chi connectivity index (χ0v) is 13.7. The van der Waals surface area contributed by atoms with Gasteiger partial charge in [-0.05, 0) is 36.4 Å². The lowest BCUT2D eigenvalue weighted by Gasteiger charge is -2.25. The van der Waals surface area contributed by atoms with Crippen LogP contribution in [0.5, 0.6) is 0 Å². The van der Waals surface area contributed by atoms with Gasteiger partial charge in [0.2, 0.25) is 5.96 Å². The number of nitrogens with zero attached hydrogens (tertiary/aromatic N) is 3. The fraction of sp³-hybridized carbons (Fsp3) is 0.267. The first-order valence-electron chi connectivity index (χ1n) is 6.89. The molecule has 114 valence electrons. The minimum atomic E-state index is -0.0492. The first kappa shape index (κ1) is 15.0. The maximum atomic E-state index is 6.29. The highest BCUT2D eigenvalue weighted by atomic mass is 35.5. The van der Waals surface area contributed by atoms with E-state index in [2.05, 4.69) is 15.2 Å². The van der Waals surface area contributed by atoms with E-state index in [-0.39, 0.29) is 11.9 Å². The summed E-state index contributed by atoms with van der Waals surface area (Å²) in [7, 11) is 0. The van der Waals surface area contributed by atoms with E-state index in [1.807, 2.05) is 30.6 Å². The molecule has 5 nitrogen and oxygen atoms in total. The summed E-state index contributed by atoms with van der Waals surface area (Å²) in [4.78, 5) is 5.68. The molecule has 0 bridgehead atoms. The number of hydrogen-bond donors (Lipinski definition) is 2. The molecule has 22 heavy (non-hydrogen) atoms. The predicted octanol–water partition coefficient (Wildman–Crippen LogP) is 2.81. The standard InChI is InChI=1S/C15H16ClN5S/c1-8-2-4-19-11-6-9(14-10(16)3-5-22-14)7-12(13(8)11)20-21-15(17)18/h2-5,9H,6-7H2,1H3,(H4,17,18,21)/b20-12-. The van der Waals surface area contributed by atoms with Crippen molar-refractivity contribution in [3.63, 3.8) is 0 Å². The Bertz CT molecular complexity index is 761. The van der Waals surface area contributed by atoms with Crippen molar-refractivity contribution in [3.8, 4) is 0 Å². The second kappa shape index (κ2) is 6.06. The van der Waals surface area contributed by atoms with Crippen LogP contribution in [-0.2, 0) is 6.42 Å². The van der Waals surface area contributed by atoms with Gasteiger partial charge in [-0.3, -0.25) is 4.98 Å². The zero-order chi connectivity index (χ0) is 15.7. The molecular weight excluding hydrogens is 318 g/mol. The second-order valence-corrected chi connectivity index (χ2v) is 6.61. The van der Waals surface area contributed by atoms with Crippen LogP contribution in [0.4, 0.5) is 0 Å². The van der Waals surface area contributed by atoms with Gasteiger partial charge in [0.05, 0.1) is 16.4 Å². The van der Waals surface area contributed by atoms with Crippen LogP contribution in [0.25, 0.3) is 0 Å². The quantitative estimate of drug-likeness (QED) is 0.503. The van der Waals surface area contributed by atoms with Crippen LogP contribution in [0, 0.1) is 6.92 Å². The topological polar surface area (TPSA) is 89.6 Å². The molecule has 0 saturated carbocycles. The van der Waals surface area contributed by atoms with E-state index in [9.17, 15) is 0 Å². The van der Waals surface area contributed by atoms with Gasteiger partial charge >= 0.3 is 0 Å². The van der Waals surface area contributed by atoms with Crippen molar-refractivity contribution >= 4 is 34.6 Å². The van der Waals surface area contributed by atoms with Gasteiger partial charge in [0.25, 0.3) is 0 Å². The Labute approximate surface area is 137 Å². The number of fused-ring (bicyclic) bond motifs is 1. The summed E-state index contributed by atoms with van der Waals surface area (Å²) >= 11 is 7.95. The molecule has 2 aromatic heterocycles. The Kier molecular flexibility index (Phi) is 4.13. The van der Waals surface area contributed by atoms with E-state index in [0.29, 0.717) is 0 Å². The van der Waals surface area contributed by atoms with E-state index in [1.54, 1.807) is 11.3 Å². The minimum Gasteiger partial charge on any atom is -0.369 e. The van der Waals surface area contributed by atoms with Crippen molar-refractivity contribution < 1.29 is 0 Å². The molecule has 0 spiro atoms. The molecule has 0 radical (unpaired) electrons.